The number of carbonyl (C=O) groups excluding carboxylic acids is 1. The third-order valence-electron chi connectivity index (χ3n) is 4.50. The van der Waals surface area contributed by atoms with Gasteiger partial charge in [0, 0.05) is 23.7 Å². The van der Waals surface area contributed by atoms with E-state index in [1.54, 1.807) is 12.1 Å². The Kier molecular flexibility index (Phi) is 9.41. The molecule has 0 bridgehead atoms. The van der Waals surface area contributed by atoms with Gasteiger partial charge in [0.2, 0.25) is 5.91 Å². The molecule has 1 N–H and O–H groups in total. The largest absolute Gasteiger partial charge is 0.379 e. The number of halogens is 2. The Morgan fingerprint density at radius 1 is 1.16 bits per heavy atom. The molecule has 0 unspecified atom stereocenters. The second kappa shape index (κ2) is 12.3. The third-order valence-corrected chi connectivity index (χ3v) is 6.01. The summed E-state index contributed by atoms with van der Waals surface area (Å²) in [7, 11) is 0. The Labute approximate surface area is 202 Å². The predicted octanol–water partition coefficient (Wildman–Crippen LogP) is 5.32. The summed E-state index contributed by atoms with van der Waals surface area (Å²) in [4.78, 5) is 12.3. The van der Waals surface area contributed by atoms with Gasteiger partial charge in [0.05, 0.1) is 23.4 Å². The number of hydrogen-bond acceptors (Lipinski definition) is 5. The normalized spacial score (nSPS) is 11.2. The summed E-state index contributed by atoms with van der Waals surface area (Å²) in [5.74, 6) is 0.816. The molecule has 0 saturated heterocycles. The van der Waals surface area contributed by atoms with Crippen molar-refractivity contribution in [2.24, 2.45) is 0 Å². The summed E-state index contributed by atoms with van der Waals surface area (Å²) in [6, 6.07) is 15.3. The summed E-state index contributed by atoms with van der Waals surface area (Å²) in [6.07, 6.45) is 0.971. The van der Waals surface area contributed by atoms with Crippen molar-refractivity contribution in [1.29, 1.82) is 0 Å². The molecule has 0 spiro atoms. The Hall–Kier alpha value is -2.06. The van der Waals surface area contributed by atoms with Gasteiger partial charge in [-0.1, -0.05) is 65.3 Å². The van der Waals surface area contributed by atoms with Gasteiger partial charge in [-0.05, 0) is 44.0 Å². The van der Waals surface area contributed by atoms with E-state index >= 15 is 0 Å². The Bertz CT molecular complexity index is 1030. The van der Waals surface area contributed by atoms with Gasteiger partial charge in [0.1, 0.15) is 0 Å². The van der Waals surface area contributed by atoms with E-state index < -0.39 is 0 Å². The molecule has 3 aromatic rings. The van der Waals surface area contributed by atoms with Gasteiger partial charge in [0.25, 0.3) is 0 Å². The number of thioether (sulfide) groups is 1. The van der Waals surface area contributed by atoms with E-state index in [1.807, 2.05) is 54.8 Å². The highest BCUT2D eigenvalue weighted by Crippen LogP contribution is 2.32. The number of carbonyl (C=O) groups is 1. The first-order valence-corrected chi connectivity index (χ1v) is 12.1. The molecule has 2 aromatic carbocycles. The van der Waals surface area contributed by atoms with E-state index in [4.69, 9.17) is 27.9 Å². The lowest BCUT2D eigenvalue weighted by Gasteiger charge is -2.12. The van der Waals surface area contributed by atoms with Crippen molar-refractivity contribution in [3.05, 3.63) is 64.1 Å². The van der Waals surface area contributed by atoms with Crippen LogP contribution >= 0.6 is 35.0 Å². The van der Waals surface area contributed by atoms with Crippen LogP contribution in [0.25, 0.3) is 11.4 Å². The third kappa shape index (κ3) is 7.24. The average Bonchev–Trinajstić information content (AvgIpc) is 3.14. The maximum Gasteiger partial charge on any atom is 0.230 e. The van der Waals surface area contributed by atoms with Crippen LogP contribution in [0, 0.1) is 0 Å². The number of nitrogens with zero attached hydrogens (tertiary/aromatic N) is 3. The van der Waals surface area contributed by atoms with Crippen molar-refractivity contribution in [3.63, 3.8) is 0 Å². The fourth-order valence-electron chi connectivity index (χ4n) is 2.97. The zero-order valence-electron chi connectivity index (χ0n) is 18.1. The summed E-state index contributed by atoms with van der Waals surface area (Å²) in [6.45, 7) is 5.74. The van der Waals surface area contributed by atoms with Gasteiger partial charge >= 0.3 is 0 Å². The van der Waals surface area contributed by atoms with Crippen molar-refractivity contribution in [2.45, 2.75) is 38.1 Å². The van der Waals surface area contributed by atoms with Crippen LogP contribution in [-0.4, -0.2) is 45.7 Å². The number of aromatic nitrogens is 3. The predicted molar refractivity (Wildman–Crippen MR) is 130 cm³/mol. The summed E-state index contributed by atoms with van der Waals surface area (Å²) < 4.78 is 7.46. The molecule has 0 fully saturated rings. The highest BCUT2D eigenvalue weighted by Gasteiger charge is 2.18. The van der Waals surface area contributed by atoms with Crippen LogP contribution in [0.2, 0.25) is 10.0 Å². The minimum atomic E-state index is -0.0557. The lowest BCUT2D eigenvalue weighted by molar-refractivity contribution is -0.118. The molecule has 3 rings (SSSR count). The monoisotopic (exact) mass is 492 g/mol. The standard InChI is InChI=1S/C23H26Cl2N4O2S/c1-16(2)31-12-6-11-26-21(30)15-32-23-28-27-22(19-10-9-18(24)13-20(19)25)29(23)14-17-7-4-3-5-8-17/h3-5,7-10,13,16H,6,11-12,14-15H2,1-2H3,(H,26,30). The van der Waals surface area contributed by atoms with Crippen molar-refractivity contribution >= 4 is 40.9 Å². The van der Waals surface area contributed by atoms with Crippen molar-refractivity contribution in [3.8, 4) is 11.4 Å². The van der Waals surface area contributed by atoms with Crippen LogP contribution in [0.15, 0.2) is 53.7 Å². The molecular formula is C23H26Cl2N4O2S. The number of hydrogen-bond donors (Lipinski definition) is 1. The molecule has 6 nitrogen and oxygen atoms in total. The van der Waals surface area contributed by atoms with E-state index in [1.165, 1.54) is 11.8 Å². The molecule has 0 aliphatic rings. The zero-order chi connectivity index (χ0) is 22.9. The van der Waals surface area contributed by atoms with Gasteiger partial charge in [0.15, 0.2) is 11.0 Å². The molecule has 1 aromatic heterocycles. The molecule has 9 heteroatoms. The SMILES string of the molecule is CC(C)OCCCNC(=O)CSc1nnc(-c2ccc(Cl)cc2Cl)n1Cc1ccccc1. The second-order valence-electron chi connectivity index (χ2n) is 7.41. The van der Waals surface area contributed by atoms with Crippen molar-refractivity contribution in [2.75, 3.05) is 18.9 Å². The van der Waals surface area contributed by atoms with Gasteiger partial charge in [-0.15, -0.1) is 10.2 Å². The van der Waals surface area contributed by atoms with Crippen molar-refractivity contribution in [1.82, 2.24) is 20.1 Å². The van der Waals surface area contributed by atoms with E-state index in [2.05, 4.69) is 15.5 Å². The minimum absolute atomic E-state index is 0.0557. The van der Waals surface area contributed by atoms with Crippen molar-refractivity contribution < 1.29 is 9.53 Å². The molecule has 1 heterocycles. The van der Waals surface area contributed by atoms with E-state index in [9.17, 15) is 4.79 Å². The molecular weight excluding hydrogens is 467 g/mol. The lowest BCUT2D eigenvalue weighted by atomic mass is 10.2. The number of benzene rings is 2. The van der Waals surface area contributed by atoms with E-state index in [0.717, 1.165) is 17.5 Å². The van der Waals surface area contributed by atoms with Gasteiger partial charge < -0.3 is 10.1 Å². The van der Waals surface area contributed by atoms with Crippen LogP contribution in [0.5, 0.6) is 0 Å². The molecule has 0 aliphatic heterocycles. The highest BCUT2D eigenvalue weighted by atomic mass is 35.5. The van der Waals surface area contributed by atoms with Crippen LogP contribution in [0.1, 0.15) is 25.8 Å². The number of ether oxygens (including phenoxy) is 1. The number of nitrogens with one attached hydrogen (secondary N) is 1. The topological polar surface area (TPSA) is 69.0 Å². The first kappa shape index (κ1) is 24.6. The molecule has 0 radical (unpaired) electrons. The van der Waals surface area contributed by atoms with E-state index in [0.29, 0.717) is 40.7 Å². The Balaban J connectivity index is 1.71. The lowest BCUT2D eigenvalue weighted by Crippen LogP contribution is -2.27. The smallest absolute Gasteiger partial charge is 0.230 e. The minimum Gasteiger partial charge on any atom is -0.379 e. The number of rotatable bonds is 11. The molecule has 0 saturated carbocycles. The second-order valence-corrected chi connectivity index (χ2v) is 9.20. The van der Waals surface area contributed by atoms with Gasteiger partial charge in [-0.2, -0.15) is 0 Å². The molecule has 170 valence electrons. The first-order valence-electron chi connectivity index (χ1n) is 10.4. The summed E-state index contributed by atoms with van der Waals surface area (Å²) >= 11 is 13.8. The quantitative estimate of drug-likeness (QED) is 0.289. The molecule has 0 aliphatic carbocycles. The molecule has 0 atom stereocenters. The maximum atomic E-state index is 12.3. The average molecular weight is 493 g/mol. The Morgan fingerprint density at radius 3 is 2.66 bits per heavy atom. The zero-order valence-corrected chi connectivity index (χ0v) is 20.4. The molecule has 1 amide bonds. The van der Waals surface area contributed by atoms with Gasteiger partial charge in [-0.25, -0.2) is 0 Å². The Morgan fingerprint density at radius 2 is 1.94 bits per heavy atom. The number of amides is 1. The van der Waals surface area contributed by atoms with Crippen LogP contribution < -0.4 is 5.32 Å². The van der Waals surface area contributed by atoms with Crippen LogP contribution in [0.3, 0.4) is 0 Å². The van der Waals surface area contributed by atoms with E-state index in [-0.39, 0.29) is 17.8 Å². The summed E-state index contributed by atoms with van der Waals surface area (Å²) in [5.41, 5.74) is 1.83. The van der Waals surface area contributed by atoms with Crippen LogP contribution in [-0.2, 0) is 16.1 Å². The fourth-order valence-corrected chi connectivity index (χ4v) is 4.23. The van der Waals surface area contributed by atoms with Gasteiger partial charge in [-0.3, -0.25) is 9.36 Å². The highest BCUT2D eigenvalue weighted by molar-refractivity contribution is 7.99. The maximum absolute atomic E-state index is 12.3. The van der Waals surface area contributed by atoms with Crippen LogP contribution in [0.4, 0.5) is 0 Å². The fraction of sp³-hybridized carbons (Fsp3) is 0.348. The molecule has 32 heavy (non-hydrogen) atoms. The summed E-state index contributed by atoms with van der Waals surface area (Å²) in [5, 5.41) is 13.3. The first-order chi connectivity index (χ1) is 15.4.